The zero-order chi connectivity index (χ0) is 36.6. The highest BCUT2D eigenvalue weighted by Gasteiger charge is 2.34. The van der Waals surface area contributed by atoms with Crippen molar-refractivity contribution >= 4 is 53.4 Å². The Hall–Kier alpha value is -4.85. The second-order valence-electron chi connectivity index (χ2n) is 11.4. The maximum absolute atomic E-state index is 13.2. The molecule has 20 heteroatoms. The van der Waals surface area contributed by atoms with Crippen molar-refractivity contribution in [2.45, 2.75) is 90.1 Å². The van der Waals surface area contributed by atoms with Gasteiger partial charge in [-0.3, -0.25) is 43.2 Å². The first-order chi connectivity index (χ1) is 21.7. The fraction of sp³-hybridized carbons (Fsp3) is 0.667. The van der Waals surface area contributed by atoms with Crippen molar-refractivity contribution in [2.75, 3.05) is 13.2 Å². The third kappa shape index (κ3) is 16.3. The maximum Gasteiger partial charge on any atom is 0.322 e. The lowest BCUT2D eigenvalue weighted by Crippen LogP contribution is -2.60. The molecule has 0 saturated carbocycles. The Labute approximate surface area is 269 Å². The summed E-state index contributed by atoms with van der Waals surface area (Å²) in [6.07, 6.45) is -1.90. The van der Waals surface area contributed by atoms with E-state index in [1.807, 2.05) is 5.32 Å². The zero-order valence-corrected chi connectivity index (χ0v) is 26.7. The number of hydrogen-bond donors (Lipinski definition) is 11. The van der Waals surface area contributed by atoms with Gasteiger partial charge in [0.05, 0.1) is 25.5 Å². The molecule has 6 atom stereocenters. The fourth-order valence-corrected chi connectivity index (χ4v) is 3.75. The molecular formula is C27H45N7O13. The van der Waals surface area contributed by atoms with Crippen molar-refractivity contribution < 1.29 is 63.6 Å². The number of carbonyl (C=O) groups is 9. The summed E-state index contributed by atoms with van der Waals surface area (Å²) in [5, 5.41) is 49.9. The second-order valence-corrected chi connectivity index (χ2v) is 11.4. The number of aliphatic carboxylic acids is 3. The van der Waals surface area contributed by atoms with Crippen LogP contribution in [-0.4, -0.2) is 123 Å². The Balaban J connectivity index is 5.83. The lowest BCUT2D eigenvalue weighted by atomic mass is 10.0. The molecule has 12 N–H and O–H groups in total. The fourth-order valence-electron chi connectivity index (χ4n) is 3.75. The molecule has 6 amide bonds. The van der Waals surface area contributed by atoms with E-state index < -0.39 is 116 Å². The molecule has 0 spiro atoms. The summed E-state index contributed by atoms with van der Waals surface area (Å²) in [6.45, 7) is 5.98. The van der Waals surface area contributed by atoms with Gasteiger partial charge in [0.2, 0.25) is 35.4 Å². The highest BCUT2D eigenvalue weighted by molar-refractivity contribution is 5.98. The van der Waals surface area contributed by atoms with Crippen LogP contribution < -0.4 is 37.6 Å². The second kappa shape index (κ2) is 20.3. The SMILES string of the molecule is CC(C)C[C@H](NC(=O)[C@H](CC(=O)O)NC(=O)[C@@H](N)C(C)C)C(=O)N[C@@H](CO)C(=O)N[C@@H](CC(=O)O)C(=O)N[C@@H](C)C(=O)NCC(=O)O. The Kier molecular flexibility index (Phi) is 18.2. The summed E-state index contributed by atoms with van der Waals surface area (Å²) in [5.74, 6) is -11.1. The van der Waals surface area contributed by atoms with Gasteiger partial charge in [-0.15, -0.1) is 0 Å². The Morgan fingerprint density at radius 2 is 0.957 bits per heavy atom. The average molecular weight is 676 g/mol. The summed E-state index contributed by atoms with van der Waals surface area (Å²) < 4.78 is 0. The number of carboxylic acids is 3. The minimum absolute atomic E-state index is 0.0531. The monoisotopic (exact) mass is 675 g/mol. The largest absolute Gasteiger partial charge is 0.481 e. The average Bonchev–Trinajstić information content (AvgIpc) is 2.95. The molecule has 0 aromatic heterocycles. The summed E-state index contributed by atoms with van der Waals surface area (Å²) >= 11 is 0. The molecule has 0 aliphatic heterocycles. The summed E-state index contributed by atoms with van der Waals surface area (Å²) in [4.78, 5) is 110. The topological polar surface area (TPSA) is 333 Å². The van der Waals surface area contributed by atoms with Crippen LogP contribution in [0.2, 0.25) is 0 Å². The van der Waals surface area contributed by atoms with Crippen molar-refractivity contribution in [3.8, 4) is 0 Å². The predicted octanol–water partition coefficient (Wildman–Crippen LogP) is -4.40. The minimum Gasteiger partial charge on any atom is -0.481 e. The lowest BCUT2D eigenvalue weighted by Gasteiger charge is -2.27. The van der Waals surface area contributed by atoms with Gasteiger partial charge in [0.25, 0.3) is 0 Å². The van der Waals surface area contributed by atoms with Crippen LogP contribution in [0.1, 0.15) is 53.9 Å². The van der Waals surface area contributed by atoms with Crippen LogP contribution in [0, 0.1) is 11.8 Å². The number of nitrogens with one attached hydrogen (secondary N) is 6. The van der Waals surface area contributed by atoms with Gasteiger partial charge in [-0.2, -0.15) is 0 Å². The highest BCUT2D eigenvalue weighted by Crippen LogP contribution is 2.08. The van der Waals surface area contributed by atoms with Crippen LogP contribution in [0.4, 0.5) is 0 Å². The van der Waals surface area contributed by atoms with Gasteiger partial charge in [0, 0.05) is 0 Å². The lowest BCUT2D eigenvalue weighted by molar-refractivity contribution is -0.142. The van der Waals surface area contributed by atoms with E-state index in [4.69, 9.17) is 10.8 Å². The van der Waals surface area contributed by atoms with E-state index in [1.54, 1.807) is 27.7 Å². The molecule has 0 heterocycles. The molecule has 0 bridgehead atoms. The number of aliphatic hydroxyl groups excluding tert-OH is 1. The number of carboxylic acid groups (broad SMARTS) is 3. The maximum atomic E-state index is 13.2. The van der Waals surface area contributed by atoms with Crippen molar-refractivity contribution in [3.63, 3.8) is 0 Å². The first kappa shape index (κ1) is 42.1. The van der Waals surface area contributed by atoms with Gasteiger partial charge in [0.15, 0.2) is 0 Å². The number of carbonyl (C=O) groups excluding carboxylic acids is 6. The van der Waals surface area contributed by atoms with E-state index in [0.717, 1.165) is 0 Å². The van der Waals surface area contributed by atoms with Crippen LogP contribution >= 0.6 is 0 Å². The van der Waals surface area contributed by atoms with E-state index in [2.05, 4.69) is 26.6 Å². The smallest absolute Gasteiger partial charge is 0.322 e. The molecule has 0 radical (unpaired) electrons. The van der Waals surface area contributed by atoms with Crippen LogP contribution in [0.5, 0.6) is 0 Å². The highest BCUT2D eigenvalue weighted by atomic mass is 16.4. The number of aliphatic hydroxyl groups is 1. The van der Waals surface area contributed by atoms with Gasteiger partial charge >= 0.3 is 17.9 Å². The Morgan fingerprint density at radius 1 is 0.553 bits per heavy atom. The van der Waals surface area contributed by atoms with Crippen LogP contribution in [0.25, 0.3) is 0 Å². The van der Waals surface area contributed by atoms with E-state index in [9.17, 15) is 58.5 Å². The van der Waals surface area contributed by atoms with Gasteiger partial charge in [0.1, 0.15) is 36.8 Å². The Morgan fingerprint density at radius 3 is 1.38 bits per heavy atom. The molecule has 0 saturated heterocycles. The molecule has 47 heavy (non-hydrogen) atoms. The van der Waals surface area contributed by atoms with Gasteiger partial charge < -0.3 is 58.1 Å². The van der Waals surface area contributed by atoms with E-state index in [1.165, 1.54) is 6.92 Å². The molecule has 0 unspecified atom stereocenters. The number of hydrogen-bond acceptors (Lipinski definition) is 11. The van der Waals surface area contributed by atoms with Crippen LogP contribution in [0.3, 0.4) is 0 Å². The standard InChI is InChI=1S/C27H45N7O13/c1-11(2)6-14(31-25(45)16(8-19(38)39)33-27(47)21(28)12(3)4)24(44)34-17(10-35)26(46)32-15(7-18(36)37)23(43)30-13(5)22(42)29-9-20(40)41/h11-17,21,35H,6-10,28H2,1-5H3,(H,29,42)(H,30,43)(H,31,45)(H,32,46)(H,33,47)(H,34,44)(H,36,37)(H,38,39)(H,40,41)/t13-,14-,15-,16-,17-,21-/m0/s1. The predicted molar refractivity (Wildman–Crippen MR) is 160 cm³/mol. The van der Waals surface area contributed by atoms with Crippen molar-refractivity contribution in [1.29, 1.82) is 0 Å². The summed E-state index contributed by atoms with van der Waals surface area (Å²) in [6, 6.07) is -9.06. The molecule has 20 nitrogen and oxygen atoms in total. The van der Waals surface area contributed by atoms with E-state index in [-0.39, 0.29) is 18.3 Å². The molecule has 0 aromatic carbocycles. The van der Waals surface area contributed by atoms with Crippen molar-refractivity contribution in [1.82, 2.24) is 31.9 Å². The summed E-state index contributed by atoms with van der Waals surface area (Å²) in [7, 11) is 0. The number of nitrogens with two attached hydrogens (primary N) is 1. The first-order valence-electron chi connectivity index (χ1n) is 14.5. The van der Waals surface area contributed by atoms with Crippen LogP contribution in [0.15, 0.2) is 0 Å². The molecule has 0 aliphatic rings. The summed E-state index contributed by atoms with van der Waals surface area (Å²) in [5.41, 5.74) is 5.78. The molecule has 0 rings (SSSR count). The molecular weight excluding hydrogens is 630 g/mol. The molecule has 0 aliphatic carbocycles. The molecule has 0 fully saturated rings. The van der Waals surface area contributed by atoms with Crippen molar-refractivity contribution in [2.24, 2.45) is 17.6 Å². The van der Waals surface area contributed by atoms with E-state index >= 15 is 0 Å². The van der Waals surface area contributed by atoms with Gasteiger partial charge in [-0.1, -0.05) is 27.7 Å². The number of rotatable bonds is 21. The van der Waals surface area contributed by atoms with Gasteiger partial charge in [-0.05, 0) is 25.2 Å². The quantitative estimate of drug-likeness (QED) is 0.0547. The normalized spacial score (nSPS) is 14.7. The molecule has 266 valence electrons. The zero-order valence-electron chi connectivity index (χ0n) is 26.7. The van der Waals surface area contributed by atoms with E-state index in [0.29, 0.717) is 0 Å². The first-order valence-corrected chi connectivity index (χ1v) is 14.5. The molecule has 0 aromatic rings. The van der Waals surface area contributed by atoms with Crippen molar-refractivity contribution in [3.05, 3.63) is 0 Å². The Bertz CT molecular complexity index is 1180. The van der Waals surface area contributed by atoms with Gasteiger partial charge in [-0.25, -0.2) is 0 Å². The number of amides is 6. The third-order valence-electron chi connectivity index (χ3n) is 6.37. The van der Waals surface area contributed by atoms with Crippen LogP contribution in [-0.2, 0) is 43.2 Å². The minimum atomic E-state index is -1.82. The third-order valence-corrected chi connectivity index (χ3v) is 6.37.